The van der Waals surface area contributed by atoms with E-state index in [1.807, 2.05) is 32.9 Å². The van der Waals surface area contributed by atoms with Crippen LogP contribution in [-0.2, 0) is 22.3 Å². The number of halogens is 2. The Balaban J connectivity index is 0.000000158. The maximum atomic E-state index is 13.7. The van der Waals surface area contributed by atoms with Crippen molar-refractivity contribution in [2.75, 3.05) is 58.3 Å². The summed E-state index contributed by atoms with van der Waals surface area (Å²) in [7, 11) is 0. The smallest absolute Gasteiger partial charge is 0.146 e. The molecule has 4 aliphatic rings. The fraction of sp³-hybridized carbons (Fsp3) is 0.586. The Morgan fingerprint density at radius 3 is 1.72 bits per heavy atom. The van der Waals surface area contributed by atoms with E-state index in [9.17, 15) is 8.78 Å². The lowest BCUT2D eigenvalue weighted by molar-refractivity contribution is 0.0164. The molecule has 2 unspecified atom stereocenters. The van der Waals surface area contributed by atoms with Crippen LogP contribution in [0.3, 0.4) is 0 Å². The van der Waals surface area contributed by atoms with Crippen molar-refractivity contribution in [1.82, 2.24) is 9.80 Å². The van der Waals surface area contributed by atoms with Gasteiger partial charge < -0.3 is 15.2 Å². The highest BCUT2D eigenvalue weighted by Gasteiger charge is 2.31. The number of fused-ring (bicyclic) bond motifs is 2. The Hall–Kier alpha value is -2.06. The second-order valence-corrected chi connectivity index (χ2v) is 9.78. The largest absolute Gasteiger partial charge is 0.396 e. The molecule has 2 aliphatic carbocycles. The van der Waals surface area contributed by atoms with Crippen molar-refractivity contribution >= 4 is 5.69 Å². The number of benzene rings is 2. The van der Waals surface area contributed by atoms with Crippen LogP contribution in [0.15, 0.2) is 24.3 Å². The number of rotatable bonds is 2. The highest BCUT2D eigenvalue weighted by atomic mass is 19.1. The molecular formula is C29H41F2N3O2. The van der Waals surface area contributed by atoms with Gasteiger partial charge in [0.1, 0.15) is 11.6 Å². The lowest BCUT2D eigenvalue weighted by Crippen LogP contribution is -2.38. The summed E-state index contributed by atoms with van der Waals surface area (Å²) in [4.78, 5) is 4.86. The average molecular weight is 502 g/mol. The molecule has 6 rings (SSSR count). The van der Waals surface area contributed by atoms with Crippen molar-refractivity contribution in [3.8, 4) is 0 Å². The molecule has 7 heteroatoms. The van der Waals surface area contributed by atoms with Crippen LogP contribution < -0.4 is 5.73 Å². The summed E-state index contributed by atoms with van der Waals surface area (Å²) in [6.45, 7) is 12.9. The highest BCUT2D eigenvalue weighted by Crippen LogP contribution is 2.38. The van der Waals surface area contributed by atoms with Gasteiger partial charge in [-0.05, 0) is 78.6 Å². The van der Waals surface area contributed by atoms with Gasteiger partial charge in [0.05, 0.1) is 32.1 Å². The van der Waals surface area contributed by atoms with Gasteiger partial charge in [-0.1, -0.05) is 19.9 Å². The van der Waals surface area contributed by atoms with E-state index in [0.29, 0.717) is 12.1 Å². The lowest BCUT2D eigenvalue weighted by Gasteiger charge is -2.32. The first-order valence-electron chi connectivity index (χ1n) is 13.5. The second-order valence-electron chi connectivity index (χ2n) is 9.78. The molecule has 5 nitrogen and oxygen atoms in total. The Morgan fingerprint density at radius 1 is 0.722 bits per heavy atom. The third-order valence-corrected chi connectivity index (χ3v) is 7.74. The summed E-state index contributed by atoms with van der Waals surface area (Å²) in [5, 5.41) is 0. The molecular weight excluding hydrogens is 460 g/mol. The SMILES string of the molecule is CC.Cc1cc2c(cc1F)C(N1CCOCC1)CC2.Nc1cc2c(cc1F)CCC2N1CCOCC1. The van der Waals surface area contributed by atoms with E-state index in [-0.39, 0.29) is 17.3 Å². The standard InChI is InChI=1S/C14H18FNO.C13H17FN2O.C2H6/c1-10-8-11-2-3-14(12(11)9-13(10)15)16-4-6-17-7-5-16;14-11-7-9-1-2-13(10(9)8-12(11)15)16-3-5-17-6-4-16;1-2/h8-9,14H,2-7H2,1H3;7-8,13H,1-6,15H2;1-2H3. The van der Waals surface area contributed by atoms with Crippen LogP contribution in [-0.4, -0.2) is 62.4 Å². The zero-order valence-electron chi connectivity index (χ0n) is 22.0. The van der Waals surface area contributed by atoms with Crippen LogP contribution in [0.25, 0.3) is 0 Å². The predicted octanol–water partition coefficient (Wildman–Crippen LogP) is 5.21. The predicted molar refractivity (Wildman–Crippen MR) is 140 cm³/mol. The Bertz CT molecular complexity index is 939. The molecule has 0 amide bonds. The molecule has 0 spiro atoms. The van der Waals surface area contributed by atoms with Crippen LogP contribution in [0.4, 0.5) is 14.5 Å². The number of ether oxygens (including phenoxy) is 2. The van der Waals surface area contributed by atoms with Crippen LogP contribution in [0.5, 0.6) is 0 Å². The van der Waals surface area contributed by atoms with Crippen molar-refractivity contribution < 1.29 is 18.3 Å². The summed E-state index contributed by atoms with van der Waals surface area (Å²) in [6, 6.07) is 7.99. The maximum absolute atomic E-state index is 13.7. The second kappa shape index (κ2) is 12.5. The first-order valence-corrected chi connectivity index (χ1v) is 13.5. The quantitative estimate of drug-likeness (QED) is 0.573. The first kappa shape index (κ1) is 27.0. The average Bonchev–Trinajstić information content (AvgIpc) is 3.51. The first-order chi connectivity index (χ1) is 17.5. The summed E-state index contributed by atoms with van der Waals surface area (Å²) in [6.07, 6.45) is 4.23. The van der Waals surface area contributed by atoms with Gasteiger partial charge in [0.2, 0.25) is 0 Å². The summed E-state index contributed by atoms with van der Waals surface area (Å²) in [5.74, 6) is -0.352. The van der Waals surface area contributed by atoms with E-state index in [2.05, 4.69) is 9.80 Å². The van der Waals surface area contributed by atoms with Gasteiger partial charge in [0, 0.05) is 38.3 Å². The van der Waals surface area contributed by atoms with Gasteiger partial charge in [-0.3, -0.25) is 9.80 Å². The van der Waals surface area contributed by atoms with Crippen molar-refractivity contribution in [1.29, 1.82) is 0 Å². The summed E-state index contributed by atoms with van der Waals surface area (Å²) < 4.78 is 37.8. The molecule has 198 valence electrons. The summed E-state index contributed by atoms with van der Waals surface area (Å²) in [5.41, 5.74) is 11.6. The maximum Gasteiger partial charge on any atom is 0.146 e. The van der Waals surface area contributed by atoms with Crippen molar-refractivity contribution in [2.45, 2.75) is 58.5 Å². The number of morpholine rings is 2. The van der Waals surface area contributed by atoms with Gasteiger partial charge >= 0.3 is 0 Å². The number of nitrogens with two attached hydrogens (primary N) is 1. The fourth-order valence-electron chi connectivity index (χ4n) is 5.89. The number of hydrogen-bond acceptors (Lipinski definition) is 5. The van der Waals surface area contributed by atoms with E-state index in [0.717, 1.165) is 89.4 Å². The van der Waals surface area contributed by atoms with Crippen molar-refractivity contribution in [3.05, 3.63) is 63.7 Å². The van der Waals surface area contributed by atoms with Crippen LogP contribution in [0.2, 0.25) is 0 Å². The van der Waals surface area contributed by atoms with Crippen LogP contribution in [0, 0.1) is 18.6 Å². The monoisotopic (exact) mass is 501 g/mol. The number of nitrogen functional groups attached to an aromatic ring is 1. The summed E-state index contributed by atoms with van der Waals surface area (Å²) >= 11 is 0. The Labute approximate surface area is 214 Å². The van der Waals surface area contributed by atoms with Gasteiger partial charge in [0.25, 0.3) is 0 Å². The number of aryl methyl sites for hydroxylation is 3. The molecule has 2 aliphatic heterocycles. The lowest BCUT2D eigenvalue weighted by atomic mass is 10.0. The van der Waals surface area contributed by atoms with E-state index in [4.69, 9.17) is 15.2 Å². The zero-order valence-corrected chi connectivity index (χ0v) is 22.0. The number of nitrogens with zero attached hydrogens (tertiary/aromatic N) is 2. The van der Waals surface area contributed by atoms with Crippen molar-refractivity contribution in [2.24, 2.45) is 0 Å². The molecule has 2 N–H and O–H groups in total. The minimum Gasteiger partial charge on any atom is -0.396 e. The molecule has 0 saturated carbocycles. The molecule has 2 fully saturated rings. The van der Waals surface area contributed by atoms with E-state index >= 15 is 0 Å². The van der Waals surface area contributed by atoms with Gasteiger partial charge in [0.15, 0.2) is 0 Å². The van der Waals surface area contributed by atoms with E-state index < -0.39 is 0 Å². The van der Waals surface area contributed by atoms with Gasteiger partial charge in [-0.25, -0.2) is 8.78 Å². The zero-order chi connectivity index (χ0) is 25.7. The minimum atomic E-state index is -0.286. The molecule has 2 saturated heterocycles. The van der Waals surface area contributed by atoms with E-state index in [1.165, 1.54) is 16.7 Å². The number of hydrogen-bond donors (Lipinski definition) is 1. The topological polar surface area (TPSA) is 51.0 Å². The molecule has 2 heterocycles. The van der Waals surface area contributed by atoms with Gasteiger partial charge in [-0.2, -0.15) is 0 Å². The third kappa shape index (κ3) is 5.91. The molecule has 0 radical (unpaired) electrons. The normalized spacial score (nSPS) is 23.7. The van der Waals surface area contributed by atoms with Crippen LogP contribution in [0.1, 0.15) is 66.6 Å². The fourth-order valence-corrected chi connectivity index (χ4v) is 5.89. The third-order valence-electron chi connectivity index (χ3n) is 7.74. The molecule has 2 atom stereocenters. The van der Waals surface area contributed by atoms with Crippen molar-refractivity contribution in [3.63, 3.8) is 0 Å². The molecule has 0 aromatic heterocycles. The highest BCUT2D eigenvalue weighted by molar-refractivity contribution is 5.49. The Morgan fingerprint density at radius 2 is 1.19 bits per heavy atom. The molecule has 36 heavy (non-hydrogen) atoms. The van der Waals surface area contributed by atoms with Gasteiger partial charge in [-0.15, -0.1) is 0 Å². The number of anilines is 1. The van der Waals surface area contributed by atoms with E-state index in [1.54, 1.807) is 12.1 Å². The van der Waals surface area contributed by atoms with Crippen LogP contribution >= 0.6 is 0 Å². The molecule has 2 aromatic rings. The minimum absolute atomic E-state index is 0.0658. The molecule has 2 aromatic carbocycles. The molecule has 0 bridgehead atoms. The Kier molecular flexibility index (Phi) is 9.34.